The minimum Gasteiger partial charge on any atom is -0.349 e. The highest BCUT2D eigenvalue weighted by molar-refractivity contribution is 6.21. The van der Waals surface area contributed by atoms with Crippen LogP contribution >= 0.6 is 11.6 Å². The third-order valence-electron chi connectivity index (χ3n) is 1.71. The Balaban J connectivity index is 4.66. The van der Waals surface area contributed by atoms with Gasteiger partial charge in [-0.05, 0) is 27.7 Å². The van der Waals surface area contributed by atoms with Gasteiger partial charge in [-0.3, -0.25) is 9.59 Å². The van der Waals surface area contributed by atoms with Crippen LogP contribution in [0.25, 0.3) is 0 Å². The van der Waals surface area contributed by atoms with E-state index in [-0.39, 0.29) is 23.2 Å². The van der Waals surface area contributed by atoms with Gasteiger partial charge in [0.05, 0.1) is 5.88 Å². The van der Waals surface area contributed by atoms with Crippen LogP contribution in [0.4, 0.5) is 0 Å². The molecule has 2 N–H and O–H groups in total. The number of carbonyl (C=O) groups excluding carboxylic acids is 2. The SMILES string of the molecule is CC(=O)NC(C)(CCl)C(=O)NC(C)(C)C. The summed E-state index contributed by atoms with van der Waals surface area (Å²) in [5, 5.41) is 5.32. The maximum Gasteiger partial charge on any atom is 0.247 e. The predicted molar refractivity (Wildman–Crippen MR) is 60.8 cm³/mol. The minimum absolute atomic E-state index is 0.0362. The normalized spacial score (nSPS) is 15.3. The molecular formula is C10H19ClN2O2. The summed E-state index contributed by atoms with van der Waals surface area (Å²) < 4.78 is 0. The molecule has 0 fully saturated rings. The van der Waals surface area contributed by atoms with Gasteiger partial charge < -0.3 is 10.6 Å². The van der Waals surface area contributed by atoms with Crippen molar-refractivity contribution in [3.8, 4) is 0 Å². The van der Waals surface area contributed by atoms with Crippen LogP contribution in [0, 0.1) is 0 Å². The average Bonchev–Trinajstić information content (AvgIpc) is 1.99. The first-order valence-electron chi connectivity index (χ1n) is 4.78. The molecule has 0 radical (unpaired) electrons. The first-order valence-corrected chi connectivity index (χ1v) is 5.31. The van der Waals surface area contributed by atoms with E-state index in [0.29, 0.717) is 0 Å². The summed E-state index contributed by atoms with van der Waals surface area (Å²) in [5.74, 6) is -0.517. The van der Waals surface area contributed by atoms with Gasteiger partial charge in [0.15, 0.2) is 0 Å². The molecule has 0 bridgehead atoms. The number of carbonyl (C=O) groups is 2. The lowest BCUT2D eigenvalue weighted by Crippen LogP contribution is -2.60. The van der Waals surface area contributed by atoms with E-state index < -0.39 is 5.54 Å². The molecule has 0 aromatic carbocycles. The fraction of sp³-hybridized carbons (Fsp3) is 0.800. The molecule has 88 valence electrons. The Morgan fingerprint density at radius 1 is 1.13 bits per heavy atom. The molecule has 0 saturated carbocycles. The fourth-order valence-corrected chi connectivity index (χ4v) is 1.21. The van der Waals surface area contributed by atoms with Gasteiger partial charge in [0, 0.05) is 12.5 Å². The minimum atomic E-state index is -1.05. The maximum atomic E-state index is 11.8. The number of hydrogen-bond acceptors (Lipinski definition) is 2. The average molecular weight is 235 g/mol. The molecule has 0 spiro atoms. The van der Waals surface area contributed by atoms with Crippen molar-refractivity contribution in [2.45, 2.75) is 45.7 Å². The summed E-state index contributed by atoms with van der Waals surface area (Å²) in [7, 11) is 0. The largest absolute Gasteiger partial charge is 0.349 e. The third-order valence-corrected chi connectivity index (χ3v) is 2.24. The van der Waals surface area contributed by atoms with Crippen LogP contribution in [0.5, 0.6) is 0 Å². The molecule has 0 aromatic rings. The molecule has 1 atom stereocenters. The molecular weight excluding hydrogens is 216 g/mol. The van der Waals surface area contributed by atoms with E-state index in [1.54, 1.807) is 6.92 Å². The molecule has 5 heteroatoms. The van der Waals surface area contributed by atoms with E-state index in [4.69, 9.17) is 11.6 Å². The molecule has 0 aromatic heterocycles. The van der Waals surface area contributed by atoms with Gasteiger partial charge in [0.25, 0.3) is 0 Å². The number of rotatable bonds is 3. The van der Waals surface area contributed by atoms with Gasteiger partial charge in [0.1, 0.15) is 5.54 Å². The van der Waals surface area contributed by atoms with Crippen LogP contribution < -0.4 is 10.6 Å². The van der Waals surface area contributed by atoms with Crippen LogP contribution in [0.15, 0.2) is 0 Å². The summed E-state index contributed by atoms with van der Waals surface area (Å²) in [5.41, 5.74) is -1.40. The van der Waals surface area contributed by atoms with Gasteiger partial charge in [-0.1, -0.05) is 0 Å². The zero-order chi connectivity index (χ0) is 12.3. The van der Waals surface area contributed by atoms with Crippen LogP contribution in [0.1, 0.15) is 34.6 Å². The van der Waals surface area contributed by atoms with Crippen molar-refractivity contribution in [3.63, 3.8) is 0 Å². The standard InChI is InChI=1S/C10H19ClN2O2/c1-7(14)12-10(5,6-11)8(15)13-9(2,3)4/h6H2,1-5H3,(H,12,14)(H,13,15). The Labute approximate surface area is 95.7 Å². The first-order chi connectivity index (χ1) is 6.60. The van der Waals surface area contributed by atoms with Gasteiger partial charge in [-0.15, -0.1) is 11.6 Å². The number of nitrogens with one attached hydrogen (secondary N) is 2. The highest BCUT2D eigenvalue weighted by Gasteiger charge is 2.34. The Morgan fingerprint density at radius 3 is 1.87 bits per heavy atom. The van der Waals surface area contributed by atoms with Crippen molar-refractivity contribution < 1.29 is 9.59 Å². The molecule has 2 amide bonds. The van der Waals surface area contributed by atoms with Crippen LogP contribution in [0.2, 0.25) is 0 Å². The van der Waals surface area contributed by atoms with E-state index in [1.165, 1.54) is 6.92 Å². The van der Waals surface area contributed by atoms with Crippen LogP contribution in [0.3, 0.4) is 0 Å². The second-order valence-corrected chi connectivity index (χ2v) is 5.12. The van der Waals surface area contributed by atoms with E-state index in [1.807, 2.05) is 20.8 Å². The lowest BCUT2D eigenvalue weighted by molar-refractivity contribution is -0.132. The molecule has 15 heavy (non-hydrogen) atoms. The van der Waals surface area contributed by atoms with E-state index >= 15 is 0 Å². The number of hydrogen-bond donors (Lipinski definition) is 2. The van der Waals surface area contributed by atoms with E-state index in [9.17, 15) is 9.59 Å². The van der Waals surface area contributed by atoms with Crippen LogP contribution in [-0.2, 0) is 9.59 Å². The summed E-state index contributed by atoms with van der Waals surface area (Å²) in [6.45, 7) is 8.56. The van der Waals surface area contributed by atoms with Crippen molar-refractivity contribution in [2.24, 2.45) is 0 Å². The van der Waals surface area contributed by atoms with E-state index in [2.05, 4.69) is 10.6 Å². The Morgan fingerprint density at radius 2 is 1.60 bits per heavy atom. The quantitative estimate of drug-likeness (QED) is 0.717. The molecule has 0 saturated heterocycles. The third kappa shape index (κ3) is 5.02. The summed E-state index contributed by atoms with van der Waals surface area (Å²) in [6, 6.07) is 0. The molecule has 0 aliphatic rings. The molecule has 0 rings (SSSR count). The molecule has 1 unspecified atom stereocenters. The zero-order valence-electron chi connectivity index (χ0n) is 9.90. The second-order valence-electron chi connectivity index (χ2n) is 4.85. The lowest BCUT2D eigenvalue weighted by atomic mass is 10.0. The van der Waals surface area contributed by atoms with Crippen molar-refractivity contribution in [1.29, 1.82) is 0 Å². The smallest absolute Gasteiger partial charge is 0.247 e. The topological polar surface area (TPSA) is 58.2 Å². The molecule has 4 nitrogen and oxygen atoms in total. The van der Waals surface area contributed by atoms with Crippen LogP contribution in [-0.4, -0.2) is 28.8 Å². The van der Waals surface area contributed by atoms with Crippen molar-refractivity contribution in [2.75, 3.05) is 5.88 Å². The van der Waals surface area contributed by atoms with Gasteiger partial charge >= 0.3 is 0 Å². The van der Waals surface area contributed by atoms with Crippen molar-refractivity contribution in [1.82, 2.24) is 10.6 Å². The van der Waals surface area contributed by atoms with Crippen molar-refractivity contribution in [3.05, 3.63) is 0 Å². The second kappa shape index (κ2) is 4.84. The number of alkyl halides is 1. The molecule has 0 heterocycles. The zero-order valence-corrected chi connectivity index (χ0v) is 10.7. The predicted octanol–water partition coefficient (Wildman–Crippen LogP) is 1.03. The monoisotopic (exact) mass is 234 g/mol. The highest BCUT2D eigenvalue weighted by Crippen LogP contribution is 2.10. The fourth-order valence-electron chi connectivity index (χ4n) is 1.02. The molecule has 0 aliphatic heterocycles. The lowest BCUT2D eigenvalue weighted by Gasteiger charge is -2.31. The summed E-state index contributed by atoms with van der Waals surface area (Å²) in [4.78, 5) is 22.8. The number of amides is 2. The Kier molecular flexibility index (Phi) is 4.59. The van der Waals surface area contributed by atoms with Gasteiger partial charge in [-0.2, -0.15) is 0 Å². The Bertz CT molecular complexity index is 261. The summed E-state index contributed by atoms with van der Waals surface area (Å²) >= 11 is 5.70. The summed E-state index contributed by atoms with van der Waals surface area (Å²) in [6.07, 6.45) is 0. The first kappa shape index (κ1) is 14.2. The Hall–Kier alpha value is -0.770. The van der Waals surface area contributed by atoms with Crippen molar-refractivity contribution >= 4 is 23.4 Å². The maximum absolute atomic E-state index is 11.8. The van der Waals surface area contributed by atoms with E-state index in [0.717, 1.165) is 0 Å². The number of halogens is 1. The molecule has 0 aliphatic carbocycles. The van der Waals surface area contributed by atoms with Gasteiger partial charge in [0.2, 0.25) is 11.8 Å². The van der Waals surface area contributed by atoms with Gasteiger partial charge in [-0.25, -0.2) is 0 Å². The highest BCUT2D eigenvalue weighted by atomic mass is 35.5.